The van der Waals surface area contributed by atoms with E-state index in [1.54, 1.807) is 0 Å². The van der Waals surface area contributed by atoms with Gasteiger partial charge in [-0.1, -0.05) is 62.2 Å². The van der Waals surface area contributed by atoms with Crippen LogP contribution in [-0.2, 0) is 10.2 Å². The molecule has 2 fully saturated rings. The average molecular weight is 701 g/mol. The van der Waals surface area contributed by atoms with Gasteiger partial charge < -0.3 is 14.9 Å². The summed E-state index contributed by atoms with van der Waals surface area (Å²) in [5, 5.41) is 30.6. The third-order valence-electron chi connectivity index (χ3n) is 9.39. The van der Waals surface area contributed by atoms with Gasteiger partial charge in [-0.05, 0) is 73.1 Å². The highest BCUT2D eigenvalue weighted by Gasteiger charge is 2.70. The number of anilines is 1. The molecule has 2 saturated heterocycles. The number of carboxylic acid groups (broad SMARTS) is 1. The van der Waals surface area contributed by atoms with Gasteiger partial charge >= 0.3 is 5.97 Å². The summed E-state index contributed by atoms with van der Waals surface area (Å²) in [6.07, 6.45) is 0.739. The van der Waals surface area contributed by atoms with E-state index in [0.717, 1.165) is 6.07 Å². The molecule has 0 spiro atoms. The summed E-state index contributed by atoms with van der Waals surface area (Å²) in [5.74, 6) is -4.38. The molecule has 1 amide bonds. The number of amides is 1. The molecule has 3 aromatic carbocycles. The van der Waals surface area contributed by atoms with Crippen LogP contribution in [0.25, 0.3) is 0 Å². The first kappa shape index (κ1) is 35.6. The predicted octanol–water partition coefficient (Wildman–Crippen LogP) is 7.55. The van der Waals surface area contributed by atoms with E-state index < -0.39 is 58.5 Å². The number of aliphatic hydroxyl groups excluding tert-OH is 1. The van der Waals surface area contributed by atoms with Crippen LogP contribution >= 0.6 is 23.2 Å². The van der Waals surface area contributed by atoms with Gasteiger partial charge in [0.2, 0.25) is 5.91 Å². The molecule has 2 N–H and O–H groups in total. The standard InChI is InChI=1S/C36H37Cl2F2N3O5/c1-35(2,3)18-28-36(19-41,23-13-12-21(37)17-25(23)39)30(22-8-7-9-24(38)31(22)40)32-33(45)42(29(43(28)32)10-5-6-15-44)26-14-11-20(34(46)47)16-27(26)48-4/h7-9,11-14,16-17,28-30,32,44H,5-6,10,15,18H2,1-4H3,(H,46,47)/t28-,29+,30?,32+,36-/m0/s1. The number of aromatic carboxylic acids is 1. The number of carboxylic acids is 1. The monoisotopic (exact) mass is 699 g/mol. The largest absolute Gasteiger partial charge is 0.495 e. The fraction of sp³-hybridized carbons (Fsp3) is 0.417. The van der Waals surface area contributed by atoms with Gasteiger partial charge in [0, 0.05) is 29.2 Å². The molecule has 8 nitrogen and oxygen atoms in total. The van der Waals surface area contributed by atoms with Crippen LogP contribution in [0.5, 0.6) is 5.75 Å². The Kier molecular flexibility index (Phi) is 10.1. The molecule has 2 aliphatic heterocycles. The first-order chi connectivity index (χ1) is 22.7. The van der Waals surface area contributed by atoms with Crippen molar-refractivity contribution in [3.05, 3.63) is 93.0 Å². The number of nitriles is 1. The molecule has 2 aliphatic rings. The number of aliphatic hydroxyl groups is 1. The van der Waals surface area contributed by atoms with Crippen molar-refractivity contribution < 1.29 is 33.3 Å². The Labute approximate surface area is 288 Å². The number of halogens is 4. The lowest BCUT2D eigenvalue weighted by Gasteiger charge is -2.42. The smallest absolute Gasteiger partial charge is 0.335 e. The van der Waals surface area contributed by atoms with Crippen LogP contribution in [0.2, 0.25) is 10.0 Å². The maximum Gasteiger partial charge on any atom is 0.335 e. The van der Waals surface area contributed by atoms with Gasteiger partial charge in [0.25, 0.3) is 0 Å². The highest BCUT2D eigenvalue weighted by molar-refractivity contribution is 6.31. The van der Waals surface area contributed by atoms with Crippen LogP contribution in [0.4, 0.5) is 14.5 Å². The van der Waals surface area contributed by atoms with Crippen LogP contribution in [-0.4, -0.2) is 59.0 Å². The van der Waals surface area contributed by atoms with E-state index in [2.05, 4.69) is 6.07 Å². The molecule has 5 atom stereocenters. The highest BCUT2D eigenvalue weighted by Crippen LogP contribution is 2.60. The van der Waals surface area contributed by atoms with Crippen molar-refractivity contribution in [1.82, 2.24) is 4.90 Å². The number of methoxy groups -OCH3 is 1. The summed E-state index contributed by atoms with van der Waals surface area (Å²) in [6, 6.07) is 13.0. The first-order valence-corrected chi connectivity index (χ1v) is 16.4. The number of rotatable bonds is 10. The van der Waals surface area contributed by atoms with Gasteiger partial charge in [0.1, 0.15) is 28.8 Å². The zero-order valence-corrected chi connectivity index (χ0v) is 28.5. The SMILES string of the molecule is COc1cc(C(=O)O)ccc1N1C(=O)[C@H]2C(c3cccc(Cl)c3F)[C@@](C#N)(c3ccc(Cl)cc3F)[C@H](CC(C)(C)C)N2[C@@H]1CCCCO. The third kappa shape index (κ3) is 6.02. The Bertz CT molecular complexity index is 1780. The van der Waals surface area contributed by atoms with E-state index in [-0.39, 0.29) is 44.8 Å². The quantitative estimate of drug-likeness (QED) is 0.210. The summed E-state index contributed by atoms with van der Waals surface area (Å²) in [4.78, 5) is 30.3. The number of hydrogen-bond acceptors (Lipinski definition) is 6. The number of fused-ring (bicyclic) bond motifs is 1. The van der Waals surface area contributed by atoms with Crippen LogP contribution in [0.3, 0.4) is 0 Å². The lowest BCUT2D eigenvalue weighted by atomic mass is 9.62. The Morgan fingerprint density at radius 3 is 2.44 bits per heavy atom. The minimum Gasteiger partial charge on any atom is -0.495 e. The molecule has 0 aromatic heterocycles. The molecule has 254 valence electrons. The molecule has 48 heavy (non-hydrogen) atoms. The summed E-state index contributed by atoms with van der Waals surface area (Å²) >= 11 is 12.5. The normalized spacial score (nSPS) is 24.1. The molecule has 0 aliphatic carbocycles. The fourth-order valence-corrected chi connectivity index (χ4v) is 7.89. The molecule has 2 heterocycles. The molecule has 0 bridgehead atoms. The summed E-state index contributed by atoms with van der Waals surface area (Å²) in [5.41, 5.74) is -2.05. The first-order valence-electron chi connectivity index (χ1n) is 15.6. The van der Waals surface area contributed by atoms with E-state index >= 15 is 13.6 Å². The second-order valence-electron chi connectivity index (χ2n) is 13.5. The maximum absolute atomic E-state index is 16.3. The minimum atomic E-state index is -1.80. The van der Waals surface area contributed by atoms with Crippen LogP contribution < -0.4 is 9.64 Å². The molecule has 5 rings (SSSR count). The lowest BCUT2D eigenvalue weighted by Crippen LogP contribution is -2.52. The van der Waals surface area contributed by atoms with Crippen LogP contribution in [0.1, 0.15) is 73.9 Å². The van der Waals surface area contributed by atoms with Crippen molar-refractivity contribution in [2.24, 2.45) is 5.41 Å². The van der Waals surface area contributed by atoms with Crippen LogP contribution in [0, 0.1) is 28.4 Å². The van der Waals surface area contributed by atoms with Gasteiger partial charge in [-0.25, -0.2) is 13.6 Å². The maximum atomic E-state index is 16.3. The summed E-state index contributed by atoms with van der Waals surface area (Å²) in [6.45, 7) is 5.82. The Balaban J connectivity index is 1.86. The second kappa shape index (κ2) is 13.6. The number of benzene rings is 3. The third-order valence-corrected chi connectivity index (χ3v) is 9.91. The Morgan fingerprint density at radius 2 is 1.83 bits per heavy atom. The number of nitrogens with zero attached hydrogens (tertiary/aromatic N) is 3. The van der Waals surface area contributed by atoms with E-state index in [1.807, 2.05) is 25.7 Å². The van der Waals surface area contributed by atoms with Crippen molar-refractivity contribution in [3.63, 3.8) is 0 Å². The van der Waals surface area contributed by atoms with E-state index in [1.165, 1.54) is 60.5 Å². The molecule has 1 unspecified atom stereocenters. The number of ether oxygens (including phenoxy) is 1. The number of unbranched alkanes of at least 4 members (excludes halogenated alkanes) is 1. The van der Waals surface area contributed by atoms with Crippen molar-refractivity contribution in [2.75, 3.05) is 18.6 Å². The predicted molar refractivity (Wildman–Crippen MR) is 179 cm³/mol. The van der Waals surface area contributed by atoms with Crippen molar-refractivity contribution in [1.29, 1.82) is 5.26 Å². The van der Waals surface area contributed by atoms with Gasteiger partial charge in [-0.2, -0.15) is 5.26 Å². The zero-order chi connectivity index (χ0) is 35.1. The Morgan fingerprint density at radius 1 is 1.10 bits per heavy atom. The molecule has 12 heteroatoms. The molecule has 0 radical (unpaired) electrons. The molecular weight excluding hydrogens is 663 g/mol. The second-order valence-corrected chi connectivity index (χ2v) is 14.3. The molecule has 3 aromatic rings. The van der Waals surface area contributed by atoms with Crippen molar-refractivity contribution in [3.8, 4) is 11.8 Å². The lowest BCUT2D eigenvalue weighted by molar-refractivity contribution is -0.119. The van der Waals surface area contributed by atoms with E-state index in [9.17, 15) is 20.3 Å². The summed E-state index contributed by atoms with van der Waals surface area (Å²) < 4.78 is 38.1. The summed E-state index contributed by atoms with van der Waals surface area (Å²) in [7, 11) is 1.36. The van der Waals surface area contributed by atoms with Crippen molar-refractivity contribution in [2.45, 2.75) is 76.0 Å². The highest BCUT2D eigenvalue weighted by atomic mass is 35.5. The average Bonchev–Trinajstić information content (AvgIpc) is 3.46. The van der Waals surface area contributed by atoms with Crippen LogP contribution in [0.15, 0.2) is 54.6 Å². The number of hydrogen-bond donors (Lipinski definition) is 2. The molecule has 0 saturated carbocycles. The van der Waals surface area contributed by atoms with E-state index in [4.69, 9.17) is 27.9 Å². The van der Waals surface area contributed by atoms with Gasteiger partial charge in [0.15, 0.2) is 0 Å². The van der Waals surface area contributed by atoms with Crippen molar-refractivity contribution >= 4 is 40.8 Å². The number of carbonyl (C=O) groups excluding carboxylic acids is 1. The Hall–Kier alpha value is -3.75. The van der Waals surface area contributed by atoms with E-state index in [0.29, 0.717) is 25.7 Å². The number of carbonyl (C=O) groups is 2. The minimum absolute atomic E-state index is 0.0118. The van der Waals surface area contributed by atoms with Gasteiger partial charge in [-0.15, -0.1) is 0 Å². The fourth-order valence-electron chi connectivity index (χ4n) is 7.55. The zero-order valence-electron chi connectivity index (χ0n) is 27.0. The molecular formula is C36H37Cl2F2N3O5. The van der Waals surface area contributed by atoms with Gasteiger partial charge in [0.05, 0.1) is 35.6 Å². The topological polar surface area (TPSA) is 114 Å². The van der Waals surface area contributed by atoms with Gasteiger partial charge in [-0.3, -0.25) is 14.6 Å².